The monoisotopic (exact) mass is 259 g/mol. The highest BCUT2D eigenvalue weighted by molar-refractivity contribution is 7.89. The molecular weight excluding hydrogens is 246 g/mol. The van der Waals surface area contributed by atoms with Crippen LogP contribution in [0.5, 0.6) is 0 Å². The number of carbonyl (C=O) groups is 1. The zero-order valence-corrected chi connectivity index (χ0v) is 9.95. The molecule has 0 atom stereocenters. The summed E-state index contributed by atoms with van der Waals surface area (Å²) in [6.45, 7) is -0.116. The van der Waals surface area contributed by atoms with Crippen LogP contribution in [0.15, 0.2) is 23.1 Å². The van der Waals surface area contributed by atoms with Crippen LogP contribution < -0.4 is 16.2 Å². The van der Waals surface area contributed by atoms with E-state index in [1.807, 2.05) is 0 Å². The van der Waals surface area contributed by atoms with Crippen LogP contribution in [0.3, 0.4) is 0 Å². The number of para-hydroxylation sites is 1. The third-order valence-corrected chi connectivity index (χ3v) is 2.99. The molecule has 1 aromatic carbocycles. The number of esters is 1. The molecule has 0 unspecified atom stereocenters. The lowest BCUT2D eigenvalue weighted by Crippen LogP contribution is -2.18. The lowest BCUT2D eigenvalue weighted by molar-refractivity contribution is -0.138. The van der Waals surface area contributed by atoms with Gasteiger partial charge in [0.05, 0.1) is 18.5 Å². The number of hydrogen-bond donors (Lipinski definition) is 3. The van der Waals surface area contributed by atoms with E-state index in [2.05, 4.69) is 10.1 Å². The summed E-state index contributed by atoms with van der Waals surface area (Å²) in [5, 5.41) is 7.64. The number of nitrogens with one attached hydrogen (secondary N) is 1. The molecule has 1 rings (SSSR count). The van der Waals surface area contributed by atoms with Gasteiger partial charge in [-0.1, -0.05) is 6.07 Å². The summed E-state index contributed by atoms with van der Waals surface area (Å²) in [5.74, 6) is -0.495. The summed E-state index contributed by atoms with van der Waals surface area (Å²) >= 11 is 0. The SMILES string of the molecule is COC(=O)CNc1cccc(S(N)(=O)=O)c1N. The number of hydrogen-bond acceptors (Lipinski definition) is 6. The third kappa shape index (κ3) is 3.33. The van der Waals surface area contributed by atoms with Gasteiger partial charge in [-0.05, 0) is 12.1 Å². The standard InChI is InChI=1S/C9H13N3O4S/c1-16-8(13)5-12-6-3-2-4-7(9(6)10)17(11,14)15/h2-4,12H,5,10H2,1H3,(H2,11,14,15). The van der Waals surface area contributed by atoms with E-state index in [-0.39, 0.29) is 17.1 Å². The van der Waals surface area contributed by atoms with Crippen molar-refractivity contribution in [2.45, 2.75) is 4.90 Å². The number of rotatable bonds is 4. The van der Waals surface area contributed by atoms with Crippen LogP contribution in [0.1, 0.15) is 0 Å². The Morgan fingerprint density at radius 2 is 2.12 bits per heavy atom. The van der Waals surface area contributed by atoms with Gasteiger partial charge in [0.15, 0.2) is 0 Å². The highest BCUT2D eigenvalue weighted by Crippen LogP contribution is 2.25. The number of carbonyl (C=O) groups excluding carboxylic acids is 1. The number of benzene rings is 1. The van der Waals surface area contributed by atoms with Crippen LogP contribution in [-0.2, 0) is 19.6 Å². The van der Waals surface area contributed by atoms with Crippen LogP contribution in [0, 0.1) is 0 Å². The first-order valence-corrected chi connectivity index (χ1v) is 6.13. The van der Waals surface area contributed by atoms with Gasteiger partial charge in [-0.2, -0.15) is 0 Å². The molecule has 7 nitrogen and oxygen atoms in total. The number of methoxy groups -OCH3 is 1. The molecule has 0 aliphatic heterocycles. The molecule has 1 aromatic rings. The summed E-state index contributed by atoms with van der Waals surface area (Å²) in [6.07, 6.45) is 0. The maximum absolute atomic E-state index is 11.2. The molecular formula is C9H13N3O4S. The molecule has 0 amide bonds. The van der Waals surface area contributed by atoms with E-state index in [1.165, 1.54) is 25.3 Å². The van der Waals surface area contributed by atoms with Gasteiger partial charge in [-0.3, -0.25) is 4.79 Å². The van der Waals surface area contributed by atoms with Crippen LogP contribution >= 0.6 is 0 Å². The number of primary sulfonamides is 1. The first-order chi connectivity index (χ1) is 7.86. The minimum atomic E-state index is -3.88. The maximum atomic E-state index is 11.2. The van der Waals surface area contributed by atoms with E-state index in [0.717, 1.165) is 0 Å². The second-order valence-electron chi connectivity index (χ2n) is 3.19. The molecule has 5 N–H and O–H groups in total. The van der Waals surface area contributed by atoms with E-state index in [0.29, 0.717) is 5.69 Å². The average molecular weight is 259 g/mol. The van der Waals surface area contributed by atoms with Gasteiger partial charge < -0.3 is 15.8 Å². The lowest BCUT2D eigenvalue weighted by Gasteiger charge is -2.10. The van der Waals surface area contributed by atoms with Gasteiger partial charge in [0.25, 0.3) is 0 Å². The van der Waals surface area contributed by atoms with Crippen molar-refractivity contribution in [3.05, 3.63) is 18.2 Å². The molecule has 17 heavy (non-hydrogen) atoms. The molecule has 0 aliphatic carbocycles. The zero-order valence-electron chi connectivity index (χ0n) is 9.14. The van der Waals surface area contributed by atoms with Gasteiger partial charge in [0.1, 0.15) is 11.4 Å². The van der Waals surface area contributed by atoms with Crippen molar-refractivity contribution in [2.24, 2.45) is 5.14 Å². The van der Waals surface area contributed by atoms with Gasteiger partial charge in [-0.15, -0.1) is 0 Å². The van der Waals surface area contributed by atoms with E-state index >= 15 is 0 Å². The fourth-order valence-corrected chi connectivity index (χ4v) is 1.87. The minimum absolute atomic E-state index is 0.0288. The zero-order chi connectivity index (χ0) is 13.1. The van der Waals surface area contributed by atoms with Gasteiger partial charge in [-0.25, -0.2) is 13.6 Å². The first kappa shape index (κ1) is 13.3. The Balaban J connectivity index is 3.00. The quantitative estimate of drug-likeness (QED) is 0.494. The van der Waals surface area contributed by atoms with Crippen molar-refractivity contribution < 1.29 is 17.9 Å². The number of nitrogens with two attached hydrogens (primary N) is 2. The normalized spacial score (nSPS) is 10.9. The molecule has 0 bridgehead atoms. The highest BCUT2D eigenvalue weighted by Gasteiger charge is 2.14. The summed E-state index contributed by atoms with van der Waals surface area (Å²) < 4.78 is 26.8. The summed E-state index contributed by atoms with van der Waals surface area (Å²) in [4.78, 5) is 10.7. The molecule has 94 valence electrons. The van der Waals surface area contributed by atoms with Gasteiger partial charge in [0, 0.05) is 0 Å². The van der Waals surface area contributed by atoms with Crippen LogP contribution in [0.2, 0.25) is 0 Å². The predicted molar refractivity (Wildman–Crippen MR) is 62.7 cm³/mol. The second kappa shape index (κ2) is 5.02. The Bertz CT molecular complexity index is 527. The fourth-order valence-electron chi connectivity index (χ4n) is 1.19. The fraction of sp³-hybridized carbons (Fsp3) is 0.222. The van der Waals surface area contributed by atoms with Crippen LogP contribution in [0.25, 0.3) is 0 Å². The van der Waals surface area contributed by atoms with Crippen molar-refractivity contribution in [3.63, 3.8) is 0 Å². The Kier molecular flexibility index (Phi) is 3.92. The predicted octanol–water partition coefficient (Wildman–Crippen LogP) is -0.499. The molecule has 0 heterocycles. The number of anilines is 2. The molecule has 0 radical (unpaired) electrons. The average Bonchev–Trinajstić information content (AvgIpc) is 2.25. The minimum Gasteiger partial charge on any atom is -0.468 e. The Hall–Kier alpha value is -1.80. The first-order valence-electron chi connectivity index (χ1n) is 4.58. The van der Waals surface area contributed by atoms with Crippen molar-refractivity contribution in [2.75, 3.05) is 24.7 Å². The van der Waals surface area contributed by atoms with Gasteiger partial charge in [0.2, 0.25) is 10.0 Å². The van der Waals surface area contributed by atoms with Crippen molar-refractivity contribution in [3.8, 4) is 0 Å². The molecule has 0 fully saturated rings. The van der Waals surface area contributed by atoms with Gasteiger partial charge >= 0.3 is 5.97 Å². The third-order valence-electron chi connectivity index (χ3n) is 2.02. The Labute approximate surface area is 98.8 Å². The van der Waals surface area contributed by atoms with Crippen molar-refractivity contribution >= 4 is 27.4 Å². The van der Waals surface area contributed by atoms with Crippen molar-refractivity contribution in [1.29, 1.82) is 0 Å². The molecule has 0 saturated heterocycles. The van der Waals surface area contributed by atoms with Crippen LogP contribution in [0.4, 0.5) is 11.4 Å². The highest BCUT2D eigenvalue weighted by atomic mass is 32.2. The van der Waals surface area contributed by atoms with Crippen LogP contribution in [-0.4, -0.2) is 28.0 Å². The largest absolute Gasteiger partial charge is 0.468 e. The molecule has 0 saturated carbocycles. The maximum Gasteiger partial charge on any atom is 0.325 e. The molecule has 0 spiro atoms. The summed E-state index contributed by atoms with van der Waals surface area (Å²) in [6, 6.07) is 4.29. The summed E-state index contributed by atoms with van der Waals surface area (Å²) in [5.41, 5.74) is 5.90. The Morgan fingerprint density at radius 1 is 1.47 bits per heavy atom. The van der Waals surface area contributed by atoms with E-state index in [1.54, 1.807) is 0 Å². The Morgan fingerprint density at radius 3 is 2.65 bits per heavy atom. The lowest BCUT2D eigenvalue weighted by atomic mass is 10.2. The van der Waals surface area contributed by atoms with E-state index < -0.39 is 16.0 Å². The molecule has 0 aromatic heterocycles. The topological polar surface area (TPSA) is 125 Å². The number of ether oxygens (including phenoxy) is 1. The van der Waals surface area contributed by atoms with E-state index in [4.69, 9.17) is 10.9 Å². The molecule has 0 aliphatic rings. The molecule has 8 heteroatoms. The smallest absolute Gasteiger partial charge is 0.325 e. The van der Waals surface area contributed by atoms with Crippen molar-refractivity contribution in [1.82, 2.24) is 0 Å². The summed E-state index contributed by atoms with van der Waals surface area (Å²) in [7, 11) is -2.64. The second-order valence-corrected chi connectivity index (χ2v) is 4.72. The number of nitrogen functional groups attached to an aromatic ring is 1. The number of sulfonamides is 1. The van der Waals surface area contributed by atoms with E-state index in [9.17, 15) is 13.2 Å².